The zero-order valence-electron chi connectivity index (χ0n) is 15.2. The third kappa shape index (κ3) is 3.96. The highest BCUT2D eigenvalue weighted by Crippen LogP contribution is 2.40. The predicted molar refractivity (Wildman–Crippen MR) is 94.9 cm³/mol. The smallest absolute Gasteiger partial charge is 0.253 e. The third-order valence-electron chi connectivity index (χ3n) is 3.88. The molecular formula is C19H23NO5. The second-order valence-corrected chi connectivity index (χ2v) is 5.38. The minimum Gasteiger partial charge on any atom is -0.497 e. The monoisotopic (exact) mass is 345 g/mol. The quantitative estimate of drug-likeness (QED) is 0.772. The maximum Gasteiger partial charge on any atom is 0.253 e. The van der Waals surface area contributed by atoms with Gasteiger partial charge in [-0.25, -0.2) is 0 Å². The normalized spacial score (nSPS) is 10.1. The fraction of sp³-hybridized carbons (Fsp3) is 0.316. The summed E-state index contributed by atoms with van der Waals surface area (Å²) in [6.45, 7) is 0.369. The van der Waals surface area contributed by atoms with Crippen molar-refractivity contribution in [2.24, 2.45) is 0 Å². The number of rotatable bonds is 7. The van der Waals surface area contributed by atoms with Gasteiger partial charge in [-0.05, 0) is 36.4 Å². The number of carbonyl (C=O) groups excluding carboxylic acids is 1. The molecule has 0 spiro atoms. The summed E-state index contributed by atoms with van der Waals surface area (Å²) in [4.78, 5) is 14.2. The van der Waals surface area contributed by atoms with Crippen molar-refractivity contribution < 1.29 is 23.7 Å². The molecule has 0 aliphatic rings. The van der Waals surface area contributed by atoms with E-state index in [0.29, 0.717) is 35.1 Å². The van der Waals surface area contributed by atoms with Crippen LogP contribution in [0.2, 0.25) is 0 Å². The Hall–Kier alpha value is -2.89. The van der Waals surface area contributed by atoms with Gasteiger partial charge in [-0.15, -0.1) is 0 Å². The first-order valence-electron chi connectivity index (χ1n) is 7.73. The molecule has 2 rings (SSSR count). The molecule has 0 heterocycles. The molecule has 0 radical (unpaired) electrons. The van der Waals surface area contributed by atoms with Gasteiger partial charge >= 0.3 is 0 Å². The van der Waals surface area contributed by atoms with Gasteiger partial charge in [-0.1, -0.05) is 0 Å². The van der Waals surface area contributed by atoms with E-state index in [9.17, 15) is 4.79 Å². The Kier molecular flexibility index (Phi) is 6.11. The number of ether oxygens (including phenoxy) is 4. The van der Waals surface area contributed by atoms with E-state index in [1.165, 1.54) is 0 Å². The fourth-order valence-electron chi connectivity index (χ4n) is 2.57. The van der Waals surface area contributed by atoms with Gasteiger partial charge < -0.3 is 23.8 Å². The highest BCUT2D eigenvalue weighted by Gasteiger charge is 2.19. The molecule has 0 fully saturated rings. The molecule has 0 aromatic heterocycles. The number of hydrogen-bond acceptors (Lipinski definition) is 5. The molecule has 0 saturated carbocycles. The molecule has 2 aromatic carbocycles. The van der Waals surface area contributed by atoms with Crippen LogP contribution in [-0.2, 0) is 6.54 Å². The second kappa shape index (κ2) is 8.28. The number of nitrogens with zero attached hydrogens (tertiary/aromatic N) is 1. The van der Waals surface area contributed by atoms with E-state index in [2.05, 4.69) is 0 Å². The highest BCUT2D eigenvalue weighted by molar-refractivity contribution is 5.94. The minimum atomic E-state index is -0.0977. The Morgan fingerprint density at radius 2 is 1.48 bits per heavy atom. The highest BCUT2D eigenvalue weighted by atomic mass is 16.5. The fourth-order valence-corrected chi connectivity index (χ4v) is 2.57. The third-order valence-corrected chi connectivity index (χ3v) is 3.88. The summed E-state index contributed by atoms with van der Waals surface area (Å²) in [6.07, 6.45) is 0. The summed E-state index contributed by atoms with van der Waals surface area (Å²) in [6, 6.07) is 10.7. The van der Waals surface area contributed by atoms with Crippen molar-refractivity contribution in [1.82, 2.24) is 4.90 Å². The number of amides is 1. The van der Waals surface area contributed by atoms with Gasteiger partial charge in [0.2, 0.25) is 5.75 Å². The van der Waals surface area contributed by atoms with Crippen molar-refractivity contribution in [3.05, 3.63) is 47.5 Å². The van der Waals surface area contributed by atoms with Crippen LogP contribution in [0.3, 0.4) is 0 Å². The van der Waals surface area contributed by atoms with Crippen LogP contribution in [0.4, 0.5) is 0 Å². The molecule has 2 aromatic rings. The maximum absolute atomic E-state index is 12.6. The van der Waals surface area contributed by atoms with Crippen molar-refractivity contribution in [2.75, 3.05) is 35.5 Å². The first-order valence-corrected chi connectivity index (χ1v) is 7.73. The first kappa shape index (κ1) is 18.4. The topological polar surface area (TPSA) is 57.2 Å². The SMILES string of the molecule is COc1ccc(C(=O)N(C)Cc2ccc(OC)c(OC)c2OC)cc1. The number of benzene rings is 2. The van der Waals surface area contributed by atoms with Crippen LogP contribution in [0.15, 0.2) is 36.4 Å². The largest absolute Gasteiger partial charge is 0.497 e. The van der Waals surface area contributed by atoms with Gasteiger partial charge in [-0.3, -0.25) is 4.79 Å². The Bertz CT molecular complexity index is 727. The summed E-state index contributed by atoms with van der Waals surface area (Å²) in [5.41, 5.74) is 1.41. The van der Waals surface area contributed by atoms with Gasteiger partial charge in [-0.2, -0.15) is 0 Å². The molecule has 0 N–H and O–H groups in total. The average molecular weight is 345 g/mol. The van der Waals surface area contributed by atoms with Crippen LogP contribution >= 0.6 is 0 Å². The minimum absolute atomic E-state index is 0.0977. The lowest BCUT2D eigenvalue weighted by molar-refractivity contribution is 0.0784. The van der Waals surface area contributed by atoms with E-state index >= 15 is 0 Å². The van der Waals surface area contributed by atoms with Gasteiger partial charge in [0.15, 0.2) is 11.5 Å². The van der Waals surface area contributed by atoms with E-state index in [1.807, 2.05) is 6.07 Å². The van der Waals surface area contributed by atoms with Gasteiger partial charge in [0.1, 0.15) is 5.75 Å². The maximum atomic E-state index is 12.6. The summed E-state index contributed by atoms with van der Waals surface area (Å²) >= 11 is 0. The van der Waals surface area contributed by atoms with E-state index in [1.54, 1.807) is 70.7 Å². The van der Waals surface area contributed by atoms with Crippen LogP contribution in [0.1, 0.15) is 15.9 Å². The second-order valence-electron chi connectivity index (χ2n) is 5.38. The Labute approximate surface area is 147 Å². The average Bonchev–Trinajstić information content (AvgIpc) is 2.66. The van der Waals surface area contributed by atoms with Crippen LogP contribution in [0.25, 0.3) is 0 Å². The van der Waals surface area contributed by atoms with Crippen molar-refractivity contribution >= 4 is 5.91 Å². The molecule has 0 bridgehead atoms. The summed E-state index contributed by atoms with van der Waals surface area (Å²) in [7, 11) is 8.01. The van der Waals surface area contributed by atoms with E-state index in [0.717, 1.165) is 5.56 Å². The molecule has 6 nitrogen and oxygen atoms in total. The molecule has 1 amide bonds. The molecule has 0 saturated heterocycles. The summed E-state index contributed by atoms with van der Waals surface area (Å²) in [5, 5.41) is 0. The molecule has 0 aliphatic carbocycles. The zero-order valence-corrected chi connectivity index (χ0v) is 15.2. The lowest BCUT2D eigenvalue weighted by Crippen LogP contribution is -2.26. The standard InChI is InChI=1S/C19H23NO5/c1-20(19(21)13-6-9-15(22-2)10-7-13)12-14-8-11-16(23-3)18(25-5)17(14)24-4/h6-11H,12H2,1-5H3. The molecule has 0 unspecified atom stereocenters. The van der Waals surface area contributed by atoms with E-state index in [4.69, 9.17) is 18.9 Å². The molecule has 0 aliphatic heterocycles. The zero-order chi connectivity index (χ0) is 18.4. The lowest BCUT2D eigenvalue weighted by Gasteiger charge is -2.21. The van der Waals surface area contributed by atoms with Gasteiger partial charge in [0.25, 0.3) is 5.91 Å². The van der Waals surface area contributed by atoms with Crippen LogP contribution < -0.4 is 18.9 Å². The van der Waals surface area contributed by atoms with Crippen LogP contribution in [-0.4, -0.2) is 46.3 Å². The van der Waals surface area contributed by atoms with Crippen LogP contribution in [0, 0.1) is 0 Å². The van der Waals surface area contributed by atoms with Crippen molar-refractivity contribution in [1.29, 1.82) is 0 Å². The summed E-state index contributed by atoms with van der Waals surface area (Å²) < 4.78 is 21.2. The lowest BCUT2D eigenvalue weighted by atomic mass is 10.1. The van der Waals surface area contributed by atoms with Gasteiger partial charge in [0, 0.05) is 24.7 Å². The van der Waals surface area contributed by atoms with Crippen molar-refractivity contribution in [3.63, 3.8) is 0 Å². The summed E-state index contributed by atoms with van der Waals surface area (Å²) in [5.74, 6) is 2.25. The molecule has 0 atom stereocenters. The number of methoxy groups -OCH3 is 4. The predicted octanol–water partition coefficient (Wildman–Crippen LogP) is 2.99. The van der Waals surface area contributed by atoms with E-state index in [-0.39, 0.29) is 5.91 Å². The molecule has 6 heteroatoms. The van der Waals surface area contributed by atoms with Crippen LogP contribution in [0.5, 0.6) is 23.0 Å². The molecule has 25 heavy (non-hydrogen) atoms. The number of hydrogen-bond donors (Lipinski definition) is 0. The Morgan fingerprint density at radius 1 is 0.840 bits per heavy atom. The van der Waals surface area contributed by atoms with Crippen molar-refractivity contribution in [2.45, 2.75) is 6.54 Å². The Morgan fingerprint density at radius 3 is 2.00 bits per heavy atom. The van der Waals surface area contributed by atoms with Gasteiger partial charge in [0.05, 0.1) is 28.4 Å². The number of carbonyl (C=O) groups is 1. The molecule has 134 valence electrons. The Balaban J connectivity index is 2.24. The molecular weight excluding hydrogens is 322 g/mol. The first-order chi connectivity index (χ1) is 12.0. The van der Waals surface area contributed by atoms with E-state index < -0.39 is 0 Å². The van der Waals surface area contributed by atoms with Crippen molar-refractivity contribution in [3.8, 4) is 23.0 Å².